The van der Waals surface area contributed by atoms with E-state index in [4.69, 9.17) is 10.2 Å². The van der Waals surface area contributed by atoms with Crippen LogP contribution in [0.3, 0.4) is 0 Å². The first-order valence-electron chi connectivity index (χ1n) is 7.52. The smallest absolute Gasteiger partial charge is 0.135 e. The Kier molecular flexibility index (Phi) is 3.17. The number of nitrogens with two attached hydrogens (primary N) is 1. The van der Waals surface area contributed by atoms with Crippen molar-refractivity contribution >= 4 is 21.9 Å². The molecule has 0 amide bonds. The molecule has 2 heteroatoms. The lowest BCUT2D eigenvalue weighted by Crippen LogP contribution is -2.13. The molecule has 0 aliphatic heterocycles. The molecule has 0 unspecified atom stereocenters. The maximum atomic E-state index is 6.40. The van der Waals surface area contributed by atoms with Crippen molar-refractivity contribution in [1.29, 1.82) is 0 Å². The first-order valence-corrected chi connectivity index (χ1v) is 7.52. The number of hydrogen-bond acceptors (Lipinski definition) is 2. The molecule has 0 fully saturated rings. The van der Waals surface area contributed by atoms with Gasteiger partial charge in [-0.1, -0.05) is 54.6 Å². The maximum absolute atomic E-state index is 6.40. The molecule has 108 valence electrons. The van der Waals surface area contributed by atoms with E-state index in [-0.39, 0.29) is 6.04 Å². The van der Waals surface area contributed by atoms with Crippen molar-refractivity contribution in [3.8, 4) is 0 Å². The zero-order valence-corrected chi connectivity index (χ0v) is 12.2. The predicted molar refractivity (Wildman–Crippen MR) is 90.8 cm³/mol. The molecular formula is C20H17NO. The van der Waals surface area contributed by atoms with Gasteiger partial charge in [-0.2, -0.15) is 0 Å². The molecule has 0 aliphatic carbocycles. The van der Waals surface area contributed by atoms with Crippen molar-refractivity contribution in [2.24, 2.45) is 5.73 Å². The zero-order valence-electron chi connectivity index (χ0n) is 12.2. The lowest BCUT2D eigenvalue weighted by atomic mass is 9.98. The SMILES string of the molecule is N[C@@H](Cc1ccccc1)c1ccc2oc3ccccc3c2c1. The molecule has 1 aromatic heterocycles. The number of benzene rings is 3. The second-order valence-corrected chi connectivity index (χ2v) is 5.65. The summed E-state index contributed by atoms with van der Waals surface area (Å²) in [6.45, 7) is 0. The van der Waals surface area contributed by atoms with Crippen LogP contribution in [0, 0.1) is 0 Å². The Labute approximate surface area is 129 Å². The highest BCUT2D eigenvalue weighted by Gasteiger charge is 2.11. The molecule has 2 N–H and O–H groups in total. The maximum Gasteiger partial charge on any atom is 0.135 e. The van der Waals surface area contributed by atoms with Gasteiger partial charge in [0.2, 0.25) is 0 Å². The highest BCUT2D eigenvalue weighted by atomic mass is 16.3. The van der Waals surface area contributed by atoms with E-state index in [2.05, 4.69) is 42.5 Å². The van der Waals surface area contributed by atoms with Crippen LogP contribution in [0.2, 0.25) is 0 Å². The molecule has 0 saturated carbocycles. The molecule has 0 saturated heterocycles. The summed E-state index contributed by atoms with van der Waals surface area (Å²) in [6.07, 6.45) is 0.835. The fourth-order valence-electron chi connectivity index (χ4n) is 2.96. The molecule has 3 aromatic carbocycles. The van der Waals surface area contributed by atoms with E-state index >= 15 is 0 Å². The minimum atomic E-state index is -0.0135. The summed E-state index contributed by atoms with van der Waals surface area (Å²) in [7, 11) is 0. The molecule has 1 heterocycles. The van der Waals surface area contributed by atoms with Crippen LogP contribution in [0.4, 0.5) is 0 Å². The van der Waals surface area contributed by atoms with Gasteiger partial charge in [0.15, 0.2) is 0 Å². The van der Waals surface area contributed by atoms with Gasteiger partial charge in [-0.25, -0.2) is 0 Å². The Morgan fingerprint density at radius 2 is 1.50 bits per heavy atom. The van der Waals surface area contributed by atoms with E-state index in [1.165, 1.54) is 5.56 Å². The van der Waals surface area contributed by atoms with Gasteiger partial charge in [0, 0.05) is 16.8 Å². The monoisotopic (exact) mass is 287 g/mol. The highest BCUT2D eigenvalue weighted by Crippen LogP contribution is 2.30. The summed E-state index contributed by atoms with van der Waals surface area (Å²) in [5.74, 6) is 0. The van der Waals surface area contributed by atoms with Gasteiger partial charge in [-0.3, -0.25) is 0 Å². The van der Waals surface area contributed by atoms with Gasteiger partial charge in [0.1, 0.15) is 11.2 Å². The molecule has 4 aromatic rings. The van der Waals surface area contributed by atoms with Crippen LogP contribution in [0.1, 0.15) is 17.2 Å². The standard InChI is InChI=1S/C20H17NO/c21-18(12-14-6-2-1-3-7-14)15-10-11-20-17(13-15)16-8-4-5-9-19(16)22-20/h1-11,13,18H,12,21H2/t18-/m0/s1. The Morgan fingerprint density at radius 3 is 2.36 bits per heavy atom. The Hall–Kier alpha value is -2.58. The lowest BCUT2D eigenvalue weighted by Gasteiger charge is -2.12. The van der Waals surface area contributed by atoms with Crippen LogP contribution < -0.4 is 5.73 Å². The van der Waals surface area contributed by atoms with Gasteiger partial charge < -0.3 is 10.2 Å². The second kappa shape index (κ2) is 5.32. The van der Waals surface area contributed by atoms with Crippen molar-refractivity contribution in [3.63, 3.8) is 0 Å². The van der Waals surface area contributed by atoms with Crippen LogP contribution in [0.5, 0.6) is 0 Å². The minimum absolute atomic E-state index is 0.0135. The molecule has 4 rings (SSSR count). The van der Waals surface area contributed by atoms with Crippen LogP contribution in [0.15, 0.2) is 77.2 Å². The molecule has 0 aliphatic rings. The van der Waals surface area contributed by atoms with Gasteiger partial charge in [-0.15, -0.1) is 0 Å². The third-order valence-electron chi connectivity index (χ3n) is 4.13. The third-order valence-corrected chi connectivity index (χ3v) is 4.13. The fourth-order valence-corrected chi connectivity index (χ4v) is 2.96. The van der Waals surface area contributed by atoms with E-state index in [1.54, 1.807) is 0 Å². The van der Waals surface area contributed by atoms with E-state index < -0.39 is 0 Å². The molecule has 0 spiro atoms. The quantitative estimate of drug-likeness (QED) is 0.586. The van der Waals surface area contributed by atoms with E-state index in [0.717, 1.165) is 33.9 Å². The minimum Gasteiger partial charge on any atom is -0.456 e. The highest BCUT2D eigenvalue weighted by molar-refractivity contribution is 6.05. The normalized spacial score (nSPS) is 12.8. The topological polar surface area (TPSA) is 39.2 Å². The van der Waals surface area contributed by atoms with Gasteiger partial charge in [0.25, 0.3) is 0 Å². The van der Waals surface area contributed by atoms with Crippen LogP contribution >= 0.6 is 0 Å². The molecule has 1 atom stereocenters. The number of hydrogen-bond donors (Lipinski definition) is 1. The largest absolute Gasteiger partial charge is 0.456 e. The number of furan rings is 1. The number of para-hydroxylation sites is 1. The van der Waals surface area contributed by atoms with Gasteiger partial charge in [0.05, 0.1) is 0 Å². The number of rotatable bonds is 3. The average Bonchev–Trinajstić information content (AvgIpc) is 2.93. The van der Waals surface area contributed by atoms with Crippen molar-refractivity contribution < 1.29 is 4.42 Å². The van der Waals surface area contributed by atoms with Crippen molar-refractivity contribution in [2.75, 3.05) is 0 Å². The van der Waals surface area contributed by atoms with E-state index in [0.29, 0.717) is 0 Å². The molecule has 0 bridgehead atoms. The molecular weight excluding hydrogens is 270 g/mol. The van der Waals surface area contributed by atoms with Crippen LogP contribution in [-0.4, -0.2) is 0 Å². The fraction of sp³-hybridized carbons (Fsp3) is 0.100. The molecule has 2 nitrogen and oxygen atoms in total. The van der Waals surface area contributed by atoms with E-state index in [9.17, 15) is 0 Å². The summed E-state index contributed by atoms with van der Waals surface area (Å²) in [4.78, 5) is 0. The molecule has 0 radical (unpaired) electrons. The molecule has 22 heavy (non-hydrogen) atoms. The van der Waals surface area contributed by atoms with Crippen molar-refractivity contribution in [2.45, 2.75) is 12.5 Å². The van der Waals surface area contributed by atoms with E-state index in [1.807, 2.05) is 30.3 Å². The van der Waals surface area contributed by atoms with Crippen molar-refractivity contribution in [1.82, 2.24) is 0 Å². The summed E-state index contributed by atoms with van der Waals surface area (Å²) in [6, 6.07) is 24.7. The first-order chi connectivity index (χ1) is 10.8. The summed E-state index contributed by atoms with van der Waals surface area (Å²) in [5, 5.41) is 2.28. The Bertz CT molecular complexity index is 924. The summed E-state index contributed by atoms with van der Waals surface area (Å²) in [5.41, 5.74) is 10.6. The second-order valence-electron chi connectivity index (χ2n) is 5.65. The average molecular weight is 287 g/mol. The van der Waals surface area contributed by atoms with Gasteiger partial charge in [-0.05, 0) is 35.7 Å². The Balaban J connectivity index is 1.74. The predicted octanol–water partition coefficient (Wildman–Crippen LogP) is 4.83. The van der Waals surface area contributed by atoms with Crippen LogP contribution in [0.25, 0.3) is 21.9 Å². The zero-order chi connectivity index (χ0) is 14.9. The number of fused-ring (bicyclic) bond motifs is 3. The van der Waals surface area contributed by atoms with Gasteiger partial charge >= 0.3 is 0 Å². The lowest BCUT2D eigenvalue weighted by molar-refractivity contribution is 0.667. The van der Waals surface area contributed by atoms with Crippen LogP contribution in [-0.2, 0) is 6.42 Å². The summed E-state index contributed by atoms with van der Waals surface area (Å²) < 4.78 is 5.86. The Morgan fingerprint density at radius 1 is 0.773 bits per heavy atom. The first kappa shape index (κ1) is 13.1. The summed E-state index contributed by atoms with van der Waals surface area (Å²) >= 11 is 0. The van der Waals surface area contributed by atoms with Crippen molar-refractivity contribution in [3.05, 3.63) is 83.9 Å². The third kappa shape index (κ3) is 2.28.